The molecule has 0 unspecified atom stereocenters. The van der Waals surface area contributed by atoms with E-state index >= 15 is 0 Å². The van der Waals surface area contributed by atoms with Crippen LogP contribution in [0.4, 0.5) is 5.69 Å². The number of carbonyl (C=O) groups excluding carboxylic acids is 3. The van der Waals surface area contributed by atoms with Crippen LogP contribution in [0.15, 0.2) is 42.5 Å². The third-order valence-electron chi connectivity index (χ3n) is 8.57. The Hall–Kier alpha value is -2.67. The summed E-state index contributed by atoms with van der Waals surface area (Å²) in [7, 11) is 0. The zero-order valence-corrected chi connectivity index (χ0v) is 19.4. The minimum atomic E-state index is -1.07. The Bertz CT molecular complexity index is 998. The fourth-order valence-corrected chi connectivity index (χ4v) is 7.06. The van der Waals surface area contributed by atoms with Crippen LogP contribution in [-0.4, -0.2) is 52.5 Å². The fourth-order valence-electron chi connectivity index (χ4n) is 7.06. The van der Waals surface area contributed by atoms with E-state index in [9.17, 15) is 14.4 Å². The minimum Gasteiger partial charge on any atom is -0.359 e. The first-order chi connectivity index (χ1) is 16.6. The number of hydrogen-bond donors (Lipinski definition) is 2. The lowest BCUT2D eigenvalue weighted by Crippen LogP contribution is -2.58. The van der Waals surface area contributed by atoms with Crippen LogP contribution in [0.2, 0.25) is 0 Å². The van der Waals surface area contributed by atoms with Crippen molar-refractivity contribution in [3.63, 3.8) is 0 Å². The summed E-state index contributed by atoms with van der Waals surface area (Å²) in [5, 5.41) is 6.23. The summed E-state index contributed by atoms with van der Waals surface area (Å²) in [4.78, 5) is 43.0. The molecule has 2 saturated heterocycles. The molecule has 7 heteroatoms. The maximum absolute atomic E-state index is 14.0. The lowest BCUT2D eigenvalue weighted by Gasteiger charge is -2.36. The largest absolute Gasteiger partial charge is 0.359 e. The van der Waals surface area contributed by atoms with E-state index in [1.165, 1.54) is 6.42 Å². The van der Waals surface area contributed by atoms with Gasteiger partial charge in [-0.15, -0.1) is 0 Å². The molecule has 2 N–H and O–H groups in total. The average Bonchev–Trinajstić information content (AvgIpc) is 3.62. The molecule has 1 spiro atoms. The number of ether oxygens (including phenoxy) is 1. The maximum Gasteiger partial charge on any atom is 0.246 e. The van der Waals surface area contributed by atoms with Crippen molar-refractivity contribution >= 4 is 23.4 Å². The van der Waals surface area contributed by atoms with E-state index in [0.29, 0.717) is 5.69 Å². The summed E-state index contributed by atoms with van der Waals surface area (Å²) >= 11 is 0. The van der Waals surface area contributed by atoms with Gasteiger partial charge in [-0.2, -0.15) is 0 Å². The Morgan fingerprint density at radius 2 is 1.65 bits per heavy atom. The number of nitrogens with one attached hydrogen (secondary N) is 2. The molecule has 0 radical (unpaired) electrons. The van der Waals surface area contributed by atoms with E-state index in [1.54, 1.807) is 0 Å². The summed E-state index contributed by atoms with van der Waals surface area (Å²) in [5.74, 6) is -1.76. The minimum absolute atomic E-state index is 0.0310. The second-order valence-electron chi connectivity index (χ2n) is 10.6. The Balaban J connectivity index is 1.32. The number of amides is 3. The number of likely N-dealkylation sites (tertiary alicyclic amines) is 1. The summed E-state index contributed by atoms with van der Waals surface area (Å²) < 4.78 is 6.44. The Morgan fingerprint density at radius 1 is 0.941 bits per heavy atom. The molecule has 1 aromatic rings. The molecule has 6 rings (SSSR count). The average molecular weight is 464 g/mol. The van der Waals surface area contributed by atoms with Gasteiger partial charge in [0.2, 0.25) is 17.7 Å². The summed E-state index contributed by atoms with van der Waals surface area (Å²) in [6.45, 7) is 0. The van der Waals surface area contributed by atoms with Crippen molar-refractivity contribution < 1.29 is 19.1 Å². The molecule has 2 bridgehead atoms. The standard InChI is InChI=1S/C27H33N3O4/c31-24(28-17-9-3-1-4-10-17)21-20-15-16-27(34-20)22(21)26(33)30(19-13-7-8-14-19)23(27)25(32)29-18-11-5-2-6-12-18/h1,3-4,9-10,15-16,18-23H,2,5-8,11-14H2,(H,28,31)(H,29,32)/t20-,21+,22+,23-,27+/m1/s1. The number of nitrogens with zero attached hydrogens (tertiary/aromatic N) is 1. The van der Waals surface area contributed by atoms with Gasteiger partial charge in [0.25, 0.3) is 0 Å². The monoisotopic (exact) mass is 463 g/mol. The van der Waals surface area contributed by atoms with Crippen LogP contribution >= 0.6 is 0 Å². The topological polar surface area (TPSA) is 87.7 Å². The molecule has 2 saturated carbocycles. The first-order valence-corrected chi connectivity index (χ1v) is 12.9. The van der Waals surface area contributed by atoms with Gasteiger partial charge in [0, 0.05) is 17.8 Å². The van der Waals surface area contributed by atoms with E-state index < -0.39 is 29.6 Å². The zero-order valence-electron chi connectivity index (χ0n) is 19.4. The van der Waals surface area contributed by atoms with Crippen molar-refractivity contribution in [1.82, 2.24) is 10.2 Å². The van der Waals surface area contributed by atoms with Gasteiger partial charge in [0.1, 0.15) is 11.6 Å². The van der Waals surface area contributed by atoms with Gasteiger partial charge < -0.3 is 20.3 Å². The van der Waals surface area contributed by atoms with E-state index in [-0.39, 0.29) is 29.8 Å². The summed E-state index contributed by atoms with van der Waals surface area (Å²) in [6, 6.07) is 8.75. The zero-order chi connectivity index (χ0) is 23.3. The number of fused-ring (bicyclic) bond motifs is 1. The highest BCUT2D eigenvalue weighted by atomic mass is 16.5. The van der Waals surface area contributed by atoms with Crippen molar-refractivity contribution in [3.05, 3.63) is 42.5 Å². The van der Waals surface area contributed by atoms with Crippen LogP contribution in [0, 0.1) is 11.8 Å². The van der Waals surface area contributed by atoms with E-state index in [4.69, 9.17) is 4.74 Å². The summed E-state index contributed by atoms with van der Waals surface area (Å²) in [6.07, 6.45) is 12.6. The molecule has 0 aromatic heterocycles. The van der Waals surface area contributed by atoms with Crippen LogP contribution in [0.25, 0.3) is 0 Å². The van der Waals surface area contributed by atoms with Gasteiger partial charge >= 0.3 is 0 Å². The molecule has 180 valence electrons. The molecule has 7 nitrogen and oxygen atoms in total. The van der Waals surface area contributed by atoms with Crippen molar-refractivity contribution in [1.29, 1.82) is 0 Å². The quantitative estimate of drug-likeness (QED) is 0.657. The van der Waals surface area contributed by atoms with Crippen molar-refractivity contribution in [2.45, 2.75) is 87.6 Å². The number of hydrogen-bond acceptors (Lipinski definition) is 4. The van der Waals surface area contributed by atoms with Crippen LogP contribution in [0.1, 0.15) is 57.8 Å². The molecule has 3 aliphatic heterocycles. The lowest BCUT2D eigenvalue weighted by atomic mass is 9.74. The molecular formula is C27H33N3O4. The Morgan fingerprint density at radius 3 is 2.38 bits per heavy atom. The number of para-hydroxylation sites is 1. The second-order valence-corrected chi connectivity index (χ2v) is 10.6. The molecular weight excluding hydrogens is 430 g/mol. The Kier molecular flexibility index (Phi) is 5.47. The lowest BCUT2D eigenvalue weighted by molar-refractivity contribution is -0.144. The molecule has 1 aromatic carbocycles. The van der Waals surface area contributed by atoms with Gasteiger partial charge in [-0.1, -0.05) is 62.5 Å². The number of rotatable bonds is 5. The molecule has 3 heterocycles. The van der Waals surface area contributed by atoms with Gasteiger partial charge in [-0.25, -0.2) is 0 Å². The van der Waals surface area contributed by atoms with Crippen molar-refractivity contribution in [3.8, 4) is 0 Å². The molecule has 3 amide bonds. The second kappa shape index (κ2) is 8.52. The fraction of sp³-hybridized carbons (Fsp3) is 0.593. The predicted octanol–water partition coefficient (Wildman–Crippen LogP) is 3.17. The van der Waals surface area contributed by atoms with Crippen molar-refractivity contribution in [2.75, 3.05) is 5.32 Å². The number of carbonyl (C=O) groups is 3. The van der Waals surface area contributed by atoms with E-state index in [1.807, 2.05) is 47.4 Å². The van der Waals surface area contributed by atoms with Gasteiger partial charge in [0.15, 0.2) is 0 Å². The van der Waals surface area contributed by atoms with Gasteiger partial charge in [0.05, 0.1) is 17.9 Å². The summed E-state index contributed by atoms with van der Waals surface area (Å²) in [5.41, 5.74) is -0.375. The van der Waals surface area contributed by atoms with Crippen molar-refractivity contribution in [2.24, 2.45) is 11.8 Å². The molecule has 4 fully saturated rings. The highest BCUT2D eigenvalue weighted by Gasteiger charge is 2.73. The number of anilines is 1. The third-order valence-corrected chi connectivity index (χ3v) is 8.57. The maximum atomic E-state index is 14.0. The molecule has 5 aliphatic rings. The Labute approximate surface area is 200 Å². The third kappa shape index (κ3) is 3.39. The van der Waals surface area contributed by atoms with Crippen LogP contribution in [0.5, 0.6) is 0 Å². The first kappa shape index (κ1) is 21.8. The molecule has 34 heavy (non-hydrogen) atoms. The molecule has 5 atom stereocenters. The first-order valence-electron chi connectivity index (χ1n) is 12.9. The van der Waals surface area contributed by atoms with Crippen LogP contribution in [-0.2, 0) is 19.1 Å². The number of benzene rings is 1. The normalized spacial score (nSPS) is 35.1. The van der Waals surface area contributed by atoms with Gasteiger partial charge in [-0.05, 0) is 37.8 Å². The highest BCUT2D eigenvalue weighted by molar-refractivity contribution is 6.03. The molecule has 2 aliphatic carbocycles. The SMILES string of the molecule is O=C(Nc1ccccc1)[C@@H]1[C@H]2C(=O)N(C3CCCC3)[C@H](C(=O)NC3CCCCC3)[C@]23C=C[C@H]1O3. The van der Waals surface area contributed by atoms with Gasteiger partial charge in [-0.3, -0.25) is 14.4 Å². The van der Waals surface area contributed by atoms with E-state index in [0.717, 1.165) is 51.4 Å². The highest BCUT2D eigenvalue weighted by Crippen LogP contribution is 2.56. The van der Waals surface area contributed by atoms with Crippen LogP contribution in [0.3, 0.4) is 0 Å². The van der Waals surface area contributed by atoms with E-state index in [2.05, 4.69) is 10.6 Å². The predicted molar refractivity (Wildman–Crippen MR) is 127 cm³/mol. The van der Waals surface area contributed by atoms with Crippen LogP contribution < -0.4 is 10.6 Å². The smallest absolute Gasteiger partial charge is 0.246 e.